The molecule has 1 aliphatic carbocycles. The summed E-state index contributed by atoms with van der Waals surface area (Å²) in [6, 6.07) is 0. The molecule has 0 saturated heterocycles. The minimum absolute atomic E-state index is 0.226. The van der Waals surface area contributed by atoms with Crippen LogP contribution in [0.3, 0.4) is 0 Å². The lowest BCUT2D eigenvalue weighted by molar-refractivity contribution is -0.319. The predicted molar refractivity (Wildman–Crippen MR) is 46.4 cm³/mol. The van der Waals surface area contributed by atoms with Crippen molar-refractivity contribution in [1.82, 2.24) is 0 Å². The van der Waals surface area contributed by atoms with E-state index in [1.165, 1.54) is 0 Å². The molecule has 1 saturated carbocycles. The van der Waals surface area contributed by atoms with Gasteiger partial charge < -0.3 is 15.3 Å². The summed E-state index contributed by atoms with van der Waals surface area (Å²) in [5.74, 6) is -4.69. The lowest BCUT2D eigenvalue weighted by Crippen LogP contribution is -2.61. The van der Waals surface area contributed by atoms with E-state index in [9.17, 15) is 27.1 Å². The lowest BCUT2D eigenvalue weighted by atomic mass is 9.77. The summed E-state index contributed by atoms with van der Waals surface area (Å²) in [5, 5.41) is 27.2. The Bertz CT molecular complexity index is 270. The molecule has 3 N–H and O–H groups in total. The molecule has 3 nitrogen and oxygen atoms in total. The normalized spacial score (nSPS) is 33.5. The van der Waals surface area contributed by atoms with Gasteiger partial charge in [-0.2, -0.15) is 13.2 Å². The zero-order valence-corrected chi connectivity index (χ0v) is 8.71. The van der Waals surface area contributed by atoms with Crippen LogP contribution in [-0.4, -0.2) is 45.2 Å². The highest BCUT2D eigenvalue weighted by molar-refractivity contribution is 5.02. The van der Waals surface area contributed by atoms with Crippen LogP contribution in [0.2, 0.25) is 0 Å². The maximum Gasteiger partial charge on any atom is 0.420 e. The number of hydrogen-bond acceptors (Lipinski definition) is 3. The van der Waals surface area contributed by atoms with Crippen molar-refractivity contribution in [3.05, 3.63) is 0 Å². The Kier molecular flexibility index (Phi) is 3.71. The molecule has 0 bridgehead atoms. The summed E-state index contributed by atoms with van der Waals surface area (Å²) in [4.78, 5) is 0. The second kappa shape index (κ2) is 4.33. The van der Waals surface area contributed by atoms with E-state index in [1.807, 2.05) is 0 Å². The van der Waals surface area contributed by atoms with Crippen LogP contribution in [0.25, 0.3) is 0 Å². The first-order valence-electron chi connectivity index (χ1n) is 5.04. The Hall–Kier alpha value is -0.470. The van der Waals surface area contributed by atoms with Crippen LogP contribution >= 0.6 is 0 Å². The summed E-state index contributed by atoms with van der Waals surface area (Å²) in [6.07, 6.45) is -12.1. The number of aliphatic hydroxyl groups is 3. The maximum atomic E-state index is 13.4. The van der Waals surface area contributed by atoms with Gasteiger partial charge in [-0.3, -0.25) is 0 Å². The molecule has 0 spiro atoms. The highest BCUT2D eigenvalue weighted by atomic mass is 19.4. The van der Waals surface area contributed by atoms with E-state index >= 15 is 0 Å². The van der Waals surface area contributed by atoms with Gasteiger partial charge in [-0.25, -0.2) is 8.78 Å². The molecular weight excluding hydrogens is 251 g/mol. The highest BCUT2D eigenvalue weighted by Crippen LogP contribution is 2.46. The molecule has 0 aromatic carbocycles. The molecule has 1 fully saturated rings. The van der Waals surface area contributed by atoms with Gasteiger partial charge in [-0.15, -0.1) is 0 Å². The molecule has 1 atom stereocenters. The SMILES string of the molecule is OC1CCC(O)(C(F)(F)C(O)C(F)(F)F)CC1. The third-order valence-corrected chi connectivity index (χ3v) is 3.06. The quantitative estimate of drug-likeness (QED) is 0.657. The number of halogens is 5. The maximum absolute atomic E-state index is 13.4. The molecule has 1 aliphatic rings. The van der Waals surface area contributed by atoms with Crippen molar-refractivity contribution in [3.8, 4) is 0 Å². The van der Waals surface area contributed by atoms with Crippen LogP contribution in [0.15, 0.2) is 0 Å². The van der Waals surface area contributed by atoms with Crippen LogP contribution in [0, 0.1) is 0 Å². The van der Waals surface area contributed by atoms with E-state index in [1.54, 1.807) is 0 Å². The van der Waals surface area contributed by atoms with E-state index in [4.69, 9.17) is 10.2 Å². The van der Waals surface area contributed by atoms with Gasteiger partial charge in [0.2, 0.25) is 6.10 Å². The molecule has 0 amide bonds. The largest absolute Gasteiger partial charge is 0.420 e. The van der Waals surface area contributed by atoms with Gasteiger partial charge in [0, 0.05) is 0 Å². The summed E-state index contributed by atoms with van der Waals surface area (Å²) >= 11 is 0. The molecule has 0 aromatic rings. The third kappa shape index (κ3) is 2.69. The Morgan fingerprint density at radius 1 is 1.06 bits per heavy atom. The molecule has 0 radical (unpaired) electrons. The van der Waals surface area contributed by atoms with Gasteiger partial charge in [0.05, 0.1) is 6.10 Å². The fourth-order valence-corrected chi connectivity index (χ4v) is 1.87. The first-order chi connectivity index (χ1) is 7.51. The van der Waals surface area contributed by atoms with E-state index in [0.29, 0.717) is 0 Å². The molecule has 17 heavy (non-hydrogen) atoms. The van der Waals surface area contributed by atoms with E-state index in [0.717, 1.165) is 0 Å². The van der Waals surface area contributed by atoms with Gasteiger partial charge in [0.15, 0.2) is 0 Å². The van der Waals surface area contributed by atoms with Gasteiger partial charge >= 0.3 is 12.1 Å². The van der Waals surface area contributed by atoms with Gasteiger partial charge in [0.25, 0.3) is 0 Å². The summed E-state index contributed by atoms with van der Waals surface area (Å²) < 4.78 is 63.0. The van der Waals surface area contributed by atoms with Crippen molar-refractivity contribution in [1.29, 1.82) is 0 Å². The number of aliphatic hydroxyl groups excluding tert-OH is 2. The average molecular weight is 264 g/mol. The van der Waals surface area contributed by atoms with Crippen molar-refractivity contribution < 1.29 is 37.3 Å². The lowest BCUT2D eigenvalue weighted by Gasteiger charge is -2.42. The molecule has 0 aliphatic heterocycles. The first kappa shape index (κ1) is 14.6. The van der Waals surface area contributed by atoms with Gasteiger partial charge in [-0.1, -0.05) is 0 Å². The average Bonchev–Trinajstić information content (AvgIpc) is 2.20. The summed E-state index contributed by atoms with van der Waals surface area (Å²) in [6.45, 7) is 0. The fraction of sp³-hybridized carbons (Fsp3) is 1.00. The van der Waals surface area contributed by atoms with Gasteiger partial charge in [-0.05, 0) is 25.7 Å². The summed E-state index contributed by atoms with van der Waals surface area (Å²) in [7, 11) is 0. The van der Waals surface area contributed by atoms with Crippen LogP contribution in [0.5, 0.6) is 0 Å². The molecule has 0 aromatic heterocycles. The fourth-order valence-electron chi connectivity index (χ4n) is 1.87. The Balaban J connectivity index is 2.89. The second-order valence-corrected chi connectivity index (χ2v) is 4.33. The van der Waals surface area contributed by atoms with Crippen molar-refractivity contribution in [2.75, 3.05) is 0 Å². The van der Waals surface area contributed by atoms with Crippen molar-refractivity contribution in [2.24, 2.45) is 0 Å². The standard InChI is InChI=1S/C9H13F5O3/c10-8(11,6(16)9(12,13)14)7(17)3-1-5(15)2-4-7/h5-6,15-17H,1-4H2. The van der Waals surface area contributed by atoms with Crippen LogP contribution in [0.1, 0.15) is 25.7 Å². The topological polar surface area (TPSA) is 60.7 Å². The molecule has 8 heteroatoms. The second-order valence-electron chi connectivity index (χ2n) is 4.33. The third-order valence-electron chi connectivity index (χ3n) is 3.06. The molecule has 1 rings (SSSR count). The predicted octanol–water partition coefficient (Wildman–Crippen LogP) is 1.21. The smallest absolute Gasteiger partial charge is 0.393 e. The highest BCUT2D eigenvalue weighted by Gasteiger charge is 2.65. The molecule has 102 valence electrons. The molecule has 1 unspecified atom stereocenters. The van der Waals surface area contributed by atoms with Crippen molar-refractivity contribution >= 4 is 0 Å². The van der Waals surface area contributed by atoms with Crippen LogP contribution in [-0.2, 0) is 0 Å². The van der Waals surface area contributed by atoms with E-state index < -0.39 is 42.7 Å². The van der Waals surface area contributed by atoms with Gasteiger partial charge in [0.1, 0.15) is 5.60 Å². The minimum Gasteiger partial charge on any atom is -0.393 e. The monoisotopic (exact) mass is 264 g/mol. The molecular formula is C9H13F5O3. The zero-order valence-electron chi connectivity index (χ0n) is 8.71. The minimum atomic E-state index is -5.50. The molecule has 0 heterocycles. The van der Waals surface area contributed by atoms with Crippen molar-refractivity contribution in [2.45, 2.75) is 55.6 Å². The van der Waals surface area contributed by atoms with Crippen LogP contribution < -0.4 is 0 Å². The van der Waals surface area contributed by atoms with E-state index in [-0.39, 0.29) is 12.8 Å². The van der Waals surface area contributed by atoms with Crippen LogP contribution in [0.4, 0.5) is 22.0 Å². The first-order valence-corrected chi connectivity index (χ1v) is 5.04. The Labute approximate surface area is 93.9 Å². The van der Waals surface area contributed by atoms with E-state index in [2.05, 4.69) is 0 Å². The number of alkyl halides is 5. The summed E-state index contributed by atoms with van der Waals surface area (Å²) in [5.41, 5.74) is -2.93. The number of rotatable bonds is 2. The Morgan fingerprint density at radius 3 is 1.82 bits per heavy atom. The number of hydrogen-bond donors (Lipinski definition) is 3. The zero-order chi connectivity index (χ0) is 13.5. The van der Waals surface area contributed by atoms with Crippen molar-refractivity contribution in [3.63, 3.8) is 0 Å². The Morgan fingerprint density at radius 2 is 1.47 bits per heavy atom.